The van der Waals surface area contributed by atoms with Crippen LogP contribution in [0.15, 0.2) is 91.0 Å². The number of hydrogen-bond acceptors (Lipinski definition) is 8. The van der Waals surface area contributed by atoms with Gasteiger partial charge in [-0.1, -0.05) is 91.0 Å². The molecule has 1 aliphatic heterocycles. The number of ether oxygens (including phenoxy) is 4. The molecule has 8 heteroatoms. The van der Waals surface area contributed by atoms with Gasteiger partial charge in [-0.25, -0.2) is 0 Å². The third kappa shape index (κ3) is 7.51. The van der Waals surface area contributed by atoms with E-state index >= 15 is 0 Å². The van der Waals surface area contributed by atoms with Crippen LogP contribution in [0, 0.1) is 11.3 Å². The number of nitrogens with zero attached hydrogens (tertiary/aromatic N) is 1. The van der Waals surface area contributed by atoms with Gasteiger partial charge in [-0.15, -0.1) is 0 Å². The number of hydrogen-bond donors (Lipinski definition) is 0. The molecule has 4 atom stereocenters. The Labute approximate surface area is 220 Å². The molecule has 0 bridgehead atoms. The molecule has 0 aromatic heterocycles. The summed E-state index contributed by atoms with van der Waals surface area (Å²) in [5.74, 6) is -1.70. The molecule has 3 aromatic rings. The van der Waals surface area contributed by atoms with E-state index in [-0.39, 0.29) is 25.9 Å². The molecule has 194 valence electrons. The number of benzene rings is 3. The molecule has 4 unspecified atom stereocenters. The van der Waals surface area contributed by atoms with E-state index in [0.717, 1.165) is 16.7 Å². The lowest BCUT2D eigenvalue weighted by Crippen LogP contribution is -2.42. The summed E-state index contributed by atoms with van der Waals surface area (Å²) in [5.41, 5.74) is 2.24. The summed E-state index contributed by atoms with van der Waals surface area (Å²) in [6.45, 7) is -0.278. The maximum atomic E-state index is 12.8. The monoisotopic (exact) mass is 513 g/mol. The highest BCUT2D eigenvalue weighted by atomic mass is 16.6. The lowest BCUT2D eigenvalue weighted by molar-refractivity contribution is -0.167. The number of esters is 3. The van der Waals surface area contributed by atoms with E-state index in [4.69, 9.17) is 18.9 Å². The predicted octanol–water partition coefficient (Wildman–Crippen LogP) is 3.37. The van der Waals surface area contributed by atoms with Crippen molar-refractivity contribution in [1.82, 2.24) is 0 Å². The van der Waals surface area contributed by atoms with Gasteiger partial charge in [0.15, 0.2) is 18.3 Å². The molecular formula is C30H27NO7. The van der Waals surface area contributed by atoms with Crippen LogP contribution < -0.4 is 0 Å². The zero-order valence-corrected chi connectivity index (χ0v) is 20.6. The molecule has 0 aliphatic carbocycles. The van der Waals surface area contributed by atoms with Crippen molar-refractivity contribution in [3.05, 3.63) is 108 Å². The highest BCUT2D eigenvalue weighted by Crippen LogP contribution is 2.28. The summed E-state index contributed by atoms with van der Waals surface area (Å²) >= 11 is 0. The minimum atomic E-state index is -1.21. The fourth-order valence-corrected chi connectivity index (χ4v) is 4.14. The Hall–Kier alpha value is -4.48. The van der Waals surface area contributed by atoms with Gasteiger partial charge >= 0.3 is 17.9 Å². The summed E-state index contributed by atoms with van der Waals surface area (Å²) in [4.78, 5) is 37.9. The quantitative estimate of drug-likeness (QED) is 0.300. The van der Waals surface area contributed by atoms with Crippen LogP contribution in [0.4, 0.5) is 0 Å². The fraction of sp³-hybridized carbons (Fsp3) is 0.267. The molecule has 4 rings (SSSR count). The Kier molecular flexibility index (Phi) is 9.22. The molecule has 1 fully saturated rings. The summed E-state index contributed by atoms with van der Waals surface area (Å²) in [7, 11) is 0. The lowest BCUT2D eigenvalue weighted by atomic mass is 10.1. The molecule has 1 saturated heterocycles. The fourth-order valence-electron chi connectivity index (χ4n) is 4.14. The van der Waals surface area contributed by atoms with Crippen molar-refractivity contribution in [2.75, 3.05) is 6.61 Å². The summed E-state index contributed by atoms with van der Waals surface area (Å²) in [6, 6.07) is 29.0. The standard InChI is InChI=1S/C30H27NO7/c31-19-24-29(37-27(33)17-22-12-6-2-7-13-22)30(38-28(34)18-23-14-8-3-9-15-23)25(36-24)20-35-26(32)16-21-10-4-1-5-11-21/h1-15,24-25,29-30H,16-18,20H2. The first-order valence-electron chi connectivity index (χ1n) is 12.2. The highest BCUT2D eigenvalue weighted by molar-refractivity contribution is 5.74. The van der Waals surface area contributed by atoms with Crippen LogP contribution in [0.2, 0.25) is 0 Å². The van der Waals surface area contributed by atoms with Gasteiger partial charge in [0.2, 0.25) is 0 Å². The molecule has 0 radical (unpaired) electrons. The van der Waals surface area contributed by atoms with Gasteiger partial charge in [-0.3, -0.25) is 14.4 Å². The lowest BCUT2D eigenvalue weighted by Gasteiger charge is -2.23. The first kappa shape index (κ1) is 26.6. The highest BCUT2D eigenvalue weighted by Gasteiger charge is 2.50. The van der Waals surface area contributed by atoms with Gasteiger partial charge in [-0.05, 0) is 16.7 Å². The van der Waals surface area contributed by atoms with Crippen LogP contribution in [0.5, 0.6) is 0 Å². The van der Waals surface area contributed by atoms with Crippen molar-refractivity contribution in [2.24, 2.45) is 0 Å². The number of carbonyl (C=O) groups is 3. The van der Waals surface area contributed by atoms with Crippen molar-refractivity contribution in [1.29, 1.82) is 5.26 Å². The molecule has 38 heavy (non-hydrogen) atoms. The van der Waals surface area contributed by atoms with Crippen LogP contribution in [-0.4, -0.2) is 48.9 Å². The third-order valence-corrected chi connectivity index (χ3v) is 5.95. The second-order valence-corrected chi connectivity index (χ2v) is 8.80. The van der Waals surface area contributed by atoms with Gasteiger partial charge in [0.25, 0.3) is 0 Å². The molecule has 0 saturated carbocycles. The van der Waals surface area contributed by atoms with Crippen molar-refractivity contribution in [3.63, 3.8) is 0 Å². The van der Waals surface area contributed by atoms with Crippen molar-refractivity contribution in [2.45, 2.75) is 43.7 Å². The van der Waals surface area contributed by atoms with Crippen LogP contribution >= 0.6 is 0 Å². The van der Waals surface area contributed by atoms with Crippen LogP contribution in [0.3, 0.4) is 0 Å². The SMILES string of the molecule is N#CC1OC(COC(=O)Cc2ccccc2)C(OC(=O)Cc2ccccc2)C1OC(=O)Cc1ccccc1. The van der Waals surface area contributed by atoms with Gasteiger partial charge in [0, 0.05) is 0 Å². The van der Waals surface area contributed by atoms with Gasteiger partial charge in [0.05, 0.1) is 25.3 Å². The summed E-state index contributed by atoms with van der Waals surface area (Å²) < 4.78 is 22.4. The first-order valence-corrected chi connectivity index (χ1v) is 12.2. The van der Waals surface area contributed by atoms with Crippen molar-refractivity contribution >= 4 is 17.9 Å². The van der Waals surface area contributed by atoms with Crippen molar-refractivity contribution < 1.29 is 33.3 Å². The number of nitriles is 1. The minimum Gasteiger partial charge on any atom is -0.463 e. The van der Waals surface area contributed by atoms with Gasteiger partial charge in [0.1, 0.15) is 12.7 Å². The Morgan fingerprint density at radius 3 is 1.53 bits per heavy atom. The van der Waals surface area contributed by atoms with Crippen molar-refractivity contribution in [3.8, 4) is 6.07 Å². The third-order valence-electron chi connectivity index (χ3n) is 5.95. The summed E-state index contributed by atoms with van der Waals surface area (Å²) in [5, 5.41) is 9.70. The Morgan fingerprint density at radius 2 is 1.08 bits per heavy atom. The van der Waals surface area contributed by atoms with E-state index in [1.54, 1.807) is 60.7 Å². The minimum absolute atomic E-state index is 0.0280. The average Bonchev–Trinajstić information content (AvgIpc) is 3.24. The normalized spacial score (nSPS) is 20.2. The molecular weight excluding hydrogens is 486 g/mol. The smallest absolute Gasteiger partial charge is 0.310 e. The predicted molar refractivity (Wildman–Crippen MR) is 135 cm³/mol. The Balaban J connectivity index is 1.45. The van der Waals surface area contributed by atoms with E-state index in [1.165, 1.54) is 0 Å². The largest absolute Gasteiger partial charge is 0.463 e. The maximum absolute atomic E-state index is 12.8. The summed E-state index contributed by atoms with van der Waals surface area (Å²) in [6.07, 6.45) is -4.54. The molecule has 1 heterocycles. The molecule has 0 N–H and O–H groups in total. The number of rotatable bonds is 10. The zero-order valence-electron chi connectivity index (χ0n) is 20.6. The molecule has 3 aromatic carbocycles. The van der Waals surface area contributed by atoms with E-state index < -0.39 is 42.3 Å². The average molecular weight is 514 g/mol. The van der Waals surface area contributed by atoms with E-state index in [2.05, 4.69) is 0 Å². The Morgan fingerprint density at radius 1 is 0.658 bits per heavy atom. The molecule has 8 nitrogen and oxygen atoms in total. The van der Waals surface area contributed by atoms with E-state index in [0.29, 0.717) is 0 Å². The van der Waals surface area contributed by atoms with Crippen LogP contribution in [0.1, 0.15) is 16.7 Å². The second kappa shape index (κ2) is 13.2. The zero-order chi connectivity index (χ0) is 26.7. The first-order chi connectivity index (χ1) is 18.5. The molecule has 0 spiro atoms. The molecule has 0 amide bonds. The topological polar surface area (TPSA) is 112 Å². The maximum Gasteiger partial charge on any atom is 0.310 e. The Bertz CT molecular complexity index is 1260. The second-order valence-electron chi connectivity index (χ2n) is 8.80. The van der Waals surface area contributed by atoms with E-state index in [1.807, 2.05) is 36.4 Å². The number of carbonyl (C=O) groups excluding carboxylic acids is 3. The molecule has 1 aliphatic rings. The van der Waals surface area contributed by atoms with E-state index in [9.17, 15) is 19.6 Å². The van der Waals surface area contributed by atoms with Crippen LogP contribution in [0.25, 0.3) is 0 Å². The van der Waals surface area contributed by atoms with Gasteiger partial charge < -0.3 is 18.9 Å². The van der Waals surface area contributed by atoms with Crippen LogP contribution in [-0.2, 0) is 52.6 Å². The van der Waals surface area contributed by atoms with Gasteiger partial charge in [-0.2, -0.15) is 5.26 Å².